The quantitative estimate of drug-likeness (QED) is 0.632. The maximum atomic E-state index is 11.9. The third-order valence-corrected chi connectivity index (χ3v) is 4.57. The van der Waals surface area contributed by atoms with Gasteiger partial charge in [0.25, 0.3) is 0 Å². The molecule has 0 aromatic carbocycles. The summed E-state index contributed by atoms with van der Waals surface area (Å²) in [4.78, 5) is 22.6. The van der Waals surface area contributed by atoms with E-state index in [9.17, 15) is 9.59 Å². The maximum absolute atomic E-state index is 11.9. The lowest BCUT2D eigenvalue weighted by atomic mass is 9.75. The zero-order valence-electron chi connectivity index (χ0n) is 11.9. The normalized spacial score (nSPS) is 28.0. The minimum absolute atomic E-state index is 0.238. The van der Waals surface area contributed by atoms with Gasteiger partial charge in [0.05, 0.1) is 0 Å². The predicted molar refractivity (Wildman–Crippen MR) is 77.6 cm³/mol. The topological polar surface area (TPSA) is 63.6 Å². The van der Waals surface area contributed by atoms with Crippen LogP contribution in [0.15, 0.2) is 10.1 Å². The minimum atomic E-state index is -1.44. The molecule has 20 heavy (non-hydrogen) atoms. The summed E-state index contributed by atoms with van der Waals surface area (Å²) < 4.78 is 5.39. The van der Waals surface area contributed by atoms with E-state index in [1.165, 1.54) is 0 Å². The van der Waals surface area contributed by atoms with Crippen molar-refractivity contribution < 1.29 is 19.4 Å². The molecule has 0 amide bonds. The minimum Gasteiger partial charge on any atom is -0.477 e. The highest BCUT2D eigenvalue weighted by atomic mass is 35.5. The molecule has 1 fully saturated rings. The number of hydrogen-bond acceptors (Lipinski definition) is 3. The van der Waals surface area contributed by atoms with Gasteiger partial charge in [-0.05, 0) is 30.6 Å². The third kappa shape index (κ3) is 4.38. The van der Waals surface area contributed by atoms with E-state index in [0.29, 0.717) is 11.8 Å². The smallest absolute Gasteiger partial charge is 0.351 e. The van der Waals surface area contributed by atoms with Gasteiger partial charge in [-0.25, -0.2) is 9.59 Å². The summed E-state index contributed by atoms with van der Waals surface area (Å²) in [5.74, 6) is -1.17. The summed E-state index contributed by atoms with van der Waals surface area (Å²) in [5.41, 5.74) is 0. The van der Waals surface area contributed by atoms with E-state index >= 15 is 0 Å². The first-order chi connectivity index (χ1) is 9.23. The SMILES string of the molecule is CC1CCC(C(C)C)C(OC(=O)/C(Cl)=C(/Cl)C(=O)O)C1. The molecule has 1 rings (SSSR count). The summed E-state index contributed by atoms with van der Waals surface area (Å²) >= 11 is 11.1. The summed E-state index contributed by atoms with van der Waals surface area (Å²) in [6.45, 7) is 6.28. The zero-order valence-corrected chi connectivity index (χ0v) is 13.4. The first-order valence-corrected chi connectivity index (χ1v) is 7.49. The summed E-state index contributed by atoms with van der Waals surface area (Å²) in [7, 11) is 0. The molecule has 0 radical (unpaired) electrons. The summed E-state index contributed by atoms with van der Waals surface area (Å²) in [6.07, 6.45) is 2.63. The Balaban J connectivity index is 2.81. The third-order valence-electron chi connectivity index (χ3n) is 3.78. The standard InChI is InChI=1S/C14H20Cl2O4/c1-7(2)9-5-4-8(3)6-10(9)20-14(19)12(16)11(15)13(17)18/h7-10H,4-6H2,1-3H3,(H,17,18)/b12-11-. The number of carboxylic acids is 1. The molecular formula is C14H20Cl2O4. The van der Waals surface area contributed by atoms with Crippen LogP contribution < -0.4 is 0 Å². The fraction of sp³-hybridized carbons (Fsp3) is 0.714. The first kappa shape index (κ1) is 17.3. The van der Waals surface area contributed by atoms with E-state index in [2.05, 4.69) is 20.8 Å². The van der Waals surface area contributed by atoms with Crippen molar-refractivity contribution in [2.24, 2.45) is 17.8 Å². The largest absolute Gasteiger partial charge is 0.477 e. The Kier molecular flexibility index (Phi) is 6.34. The van der Waals surface area contributed by atoms with Gasteiger partial charge >= 0.3 is 11.9 Å². The van der Waals surface area contributed by atoms with Crippen LogP contribution in [0.4, 0.5) is 0 Å². The molecular weight excluding hydrogens is 303 g/mol. The van der Waals surface area contributed by atoms with Gasteiger partial charge < -0.3 is 9.84 Å². The Labute approximate surface area is 129 Å². The number of ether oxygens (including phenoxy) is 1. The van der Waals surface area contributed by atoms with Crippen LogP contribution in [-0.2, 0) is 14.3 Å². The number of carboxylic acid groups (broad SMARTS) is 1. The molecule has 1 aliphatic rings. The van der Waals surface area contributed by atoms with Crippen molar-refractivity contribution in [3.05, 3.63) is 10.1 Å². The Bertz CT molecular complexity index is 417. The fourth-order valence-electron chi connectivity index (χ4n) is 2.62. The summed E-state index contributed by atoms with van der Waals surface area (Å²) in [6, 6.07) is 0. The van der Waals surface area contributed by atoms with Crippen molar-refractivity contribution in [3.63, 3.8) is 0 Å². The van der Waals surface area contributed by atoms with Gasteiger partial charge in [-0.15, -0.1) is 0 Å². The van der Waals surface area contributed by atoms with Crippen molar-refractivity contribution in [1.82, 2.24) is 0 Å². The second kappa shape index (κ2) is 7.32. The van der Waals surface area contributed by atoms with Crippen LogP contribution in [0.2, 0.25) is 0 Å². The average Bonchev–Trinajstić information content (AvgIpc) is 2.36. The molecule has 1 N–H and O–H groups in total. The molecule has 0 bridgehead atoms. The van der Waals surface area contributed by atoms with Gasteiger partial charge in [-0.2, -0.15) is 0 Å². The highest BCUT2D eigenvalue weighted by Crippen LogP contribution is 2.36. The van der Waals surface area contributed by atoms with Gasteiger partial charge in [0.15, 0.2) is 10.1 Å². The van der Waals surface area contributed by atoms with E-state index < -0.39 is 22.0 Å². The van der Waals surface area contributed by atoms with Crippen LogP contribution >= 0.6 is 23.2 Å². The van der Waals surface area contributed by atoms with Gasteiger partial charge in [-0.1, -0.05) is 50.4 Å². The Morgan fingerprint density at radius 3 is 2.30 bits per heavy atom. The maximum Gasteiger partial charge on any atom is 0.351 e. The fourth-order valence-corrected chi connectivity index (χ4v) is 2.83. The lowest BCUT2D eigenvalue weighted by Gasteiger charge is -2.36. The van der Waals surface area contributed by atoms with Gasteiger partial charge in [0.1, 0.15) is 6.10 Å². The van der Waals surface area contributed by atoms with Gasteiger partial charge in [0.2, 0.25) is 0 Å². The molecule has 0 aromatic rings. The molecule has 3 atom stereocenters. The van der Waals surface area contributed by atoms with E-state index in [4.69, 9.17) is 33.0 Å². The van der Waals surface area contributed by atoms with Gasteiger partial charge in [-0.3, -0.25) is 0 Å². The molecule has 1 aliphatic carbocycles. The number of carbonyl (C=O) groups excluding carboxylic acids is 1. The van der Waals surface area contributed by atoms with Crippen LogP contribution in [0.1, 0.15) is 40.0 Å². The van der Waals surface area contributed by atoms with E-state index in [0.717, 1.165) is 19.3 Å². The monoisotopic (exact) mass is 322 g/mol. The molecule has 1 saturated carbocycles. The van der Waals surface area contributed by atoms with Gasteiger partial charge in [0, 0.05) is 0 Å². The van der Waals surface area contributed by atoms with Crippen LogP contribution in [0.25, 0.3) is 0 Å². The van der Waals surface area contributed by atoms with Crippen LogP contribution in [0.5, 0.6) is 0 Å². The highest BCUT2D eigenvalue weighted by molar-refractivity contribution is 6.52. The molecule has 114 valence electrons. The Hall–Kier alpha value is -0.740. The molecule has 6 heteroatoms. The second-order valence-corrected chi connectivity index (χ2v) is 6.46. The molecule has 0 spiro atoms. The predicted octanol–water partition coefficient (Wildman–Crippen LogP) is 3.76. The Morgan fingerprint density at radius 1 is 1.20 bits per heavy atom. The molecule has 0 aliphatic heterocycles. The number of carbonyl (C=O) groups is 2. The first-order valence-electron chi connectivity index (χ1n) is 6.73. The Morgan fingerprint density at radius 2 is 1.80 bits per heavy atom. The number of hydrogen-bond donors (Lipinski definition) is 1. The number of esters is 1. The average molecular weight is 323 g/mol. The van der Waals surface area contributed by atoms with Crippen molar-refractivity contribution >= 4 is 35.1 Å². The number of aliphatic carboxylic acids is 1. The van der Waals surface area contributed by atoms with Crippen molar-refractivity contribution in [3.8, 4) is 0 Å². The van der Waals surface area contributed by atoms with E-state index in [1.54, 1.807) is 0 Å². The van der Waals surface area contributed by atoms with Crippen molar-refractivity contribution in [2.45, 2.75) is 46.1 Å². The lowest BCUT2D eigenvalue weighted by Crippen LogP contribution is -2.36. The highest BCUT2D eigenvalue weighted by Gasteiger charge is 2.34. The molecule has 0 saturated heterocycles. The molecule has 3 unspecified atom stereocenters. The van der Waals surface area contributed by atoms with Crippen molar-refractivity contribution in [1.29, 1.82) is 0 Å². The second-order valence-electron chi connectivity index (χ2n) is 5.70. The molecule has 0 aromatic heterocycles. The van der Waals surface area contributed by atoms with Crippen LogP contribution in [-0.4, -0.2) is 23.1 Å². The number of rotatable bonds is 4. The lowest BCUT2D eigenvalue weighted by molar-refractivity contribution is -0.150. The van der Waals surface area contributed by atoms with Crippen LogP contribution in [0.3, 0.4) is 0 Å². The summed E-state index contributed by atoms with van der Waals surface area (Å²) in [5, 5.41) is 7.43. The number of halogens is 2. The van der Waals surface area contributed by atoms with E-state index in [1.807, 2.05) is 0 Å². The van der Waals surface area contributed by atoms with E-state index in [-0.39, 0.29) is 12.0 Å². The van der Waals surface area contributed by atoms with Crippen molar-refractivity contribution in [2.75, 3.05) is 0 Å². The molecule has 4 nitrogen and oxygen atoms in total. The molecule has 0 heterocycles. The van der Waals surface area contributed by atoms with Crippen LogP contribution in [0, 0.1) is 17.8 Å². The zero-order chi connectivity index (χ0) is 15.4.